The van der Waals surface area contributed by atoms with Crippen molar-refractivity contribution in [2.24, 2.45) is 46.3 Å². The number of methoxy groups -OCH3 is 2. The van der Waals surface area contributed by atoms with Crippen molar-refractivity contribution >= 4 is 29.8 Å². The van der Waals surface area contributed by atoms with Gasteiger partial charge in [0.05, 0.1) is 46.3 Å². The van der Waals surface area contributed by atoms with E-state index in [1.165, 1.54) is 231 Å². The Morgan fingerprint density at radius 1 is 0.523 bits per heavy atom. The van der Waals surface area contributed by atoms with Crippen LogP contribution in [-0.2, 0) is 45.6 Å². The Bertz CT molecular complexity index is 3010. The number of carbonyl (C=O) groups is 5. The van der Waals surface area contributed by atoms with Crippen molar-refractivity contribution in [1.82, 2.24) is 15.1 Å². The molecule has 3 amide bonds. The second-order valence-corrected chi connectivity index (χ2v) is 35.7. The largest absolute Gasteiger partial charge is 0.497 e. The highest BCUT2D eigenvalue weighted by molar-refractivity contribution is 5.79. The molecule has 4 saturated carbocycles. The Morgan fingerprint density at radius 2 is 1.02 bits per heavy atom. The second kappa shape index (κ2) is 50.0. The highest BCUT2D eigenvalue weighted by atomic mass is 16.6. The molecule has 624 valence electrons. The molecule has 14 nitrogen and oxygen atoms in total. The van der Waals surface area contributed by atoms with Crippen LogP contribution in [0.1, 0.15) is 372 Å². The lowest BCUT2D eigenvalue weighted by Crippen LogP contribution is -2.54. The van der Waals surface area contributed by atoms with Crippen LogP contribution in [0.15, 0.2) is 78.9 Å². The molecule has 11 unspecified atom stereocenters. The van der Waals surface area contributed by atoms with Gasteiger partial charge in [0.1, 0.15) is 29.3 Å². The minimum Gasteiger partial charge on any atom is -0.497 e. The normalized spacial score (nSPS) is 23.1. The first-order valence-electron chi connectivity index (χ1n) is 46.0. The third-order valence-corrected chi connectivity index (χ3v) is 28.0. The molecule has 14 heteroatoms. The van der Waals surface area contributed by atoms with E-state index in [1.807, 2.05) is 78.9 Å². The molecule has 1 saturated heterocycles. The first-order valence-corrected chi connectivity index (χ1v) is 46.0. The number of benzene rings is 3. The van der Waals surface area contributed by atoms with E-state index in [4.69, 9.17) is 23.7 Å². The van der Waals surface area contributed by atoms with Gasteiger partial charge in [-0.3, -0.25) is 19.2 Å². The summed E-state index contributed by atoms with van der Waals surface area (Å²) in [5.41, 5.74) is 1.76. The van der Waals surface area contributed by atoms with Gasteiger partial charge in [-0.25, -0.2) is 4.79 Å². The fourth-order valence-corrected chi connectivity index (χ4v) is 21.4. The molecule has 8 rings (SSSR count). The van der Waals surface area contributed by atoms with E-state index in [2.05, 4.69) is 44.8 Å². The van der Waals surface area contributed by atoms with Crippen molar-refractivity contribution in [1.29, 1.82) is 0 Å². The van der Waals surface area contributed by atoms with Crippen molar-refractivity contribution in [3.63, 3.8) is 0 Å². The van der Waals surface area contributed by atoms with E-state index >= 15 is 0 Å². The van der Waals surface area contributed by atoms with Gasteiger partial charge in [0.2, 0.25) is 11.8 Å². The van der Waals surface area contributed by atoms with Crippen LogP contribution in [0, 0.1) is 46.3 Å². The zero-order valence-corrected chi connectivity index (χ0v) is 71.0. The van der Waals surface area contributed by atoms with E-state index in [0.717, 1.165) is 80.1 Å². The molecule has 2 N–H and O–H groups in total. The first-order chi connectivity index (χ1) is 54.1. The summed E-state index contributed by atoms with van der Waals surface area (Å²) in [5, 5.41) is 12.5. The van der Waals surface area contributed by atoms with Crippen LogP contribution in [0.5, 0.6) is 11.5 Å². The third kappa shape index (κ3) is 28.7. The Morgan fingerprint density at radius 3 is 1.53 bits per heavy atom. The van der Waals surface area contributed by atoms with Gasteiger partial charge < -0.3 is 43.9 Å². The zero-order valence-electron chi connectivity index (χ0n) is 71.0. The third-order valence-electron chi connectivity index (χ3n) is 28.0. The van der Waals surface area contributed by atoms with Gasteiger partial charge in [0, 0.05) is 38.9 Å². The average molecular weight is 1540 g/mol. The average Bonchev–Trinajstić information content (AvgIpc) is 1.62. The molecule has 4 aliphatic carbocycles. The number of nitrogens with zero attached hydrogens (tertiary/aromatic N) is 2. The molecule has 3 aromatic carbocycles. The van der Waals surface area contributed by atoms with Gasteiger partial charge >= 0.3 is 18.0 Å². The summed E-state index contributed by atoms with van der Waals surface area (Å²) in [7, 11) is 3.23. The van der Waals surface area contributed by atoms with Gasteiger partial charge in [-0.15, -0.1) is 0 Å². The van der Waals surface area contributed by atoms with Crippen LogP contribution in [0.4, 0.5) is 4.79 Å². The number of amides is 3. The molecule has 11 atom stereocenters. The van der Waals surface area contributed by atoms with E-state index in [9.17, 15) is 29.1 Å². The lowest BCUT2D eigenvalue weighted by Gasteiger charge is -2.61. The van der Waals surface area contributed by atoms with Crippen molar-refractivity contribution in [3.05, 3.63) is 95.6 Å². The number of rotatable bonds is 57. The minimum atomic E-state index is -1.28. The summed E-state index contributed by atoms with van der Waals surface area (Å²) < 4.78 is 30.7. The number of hydrogen-bond acceptors (Lipinski definition) is 10. The number of carboxylic acid groups (broad SMARTS) is 1. The van der Waals surface area contributed by atoms with Gasteiger partial charge in [-0.1, -0.05) is 288 Å². The highest BCUT2D eigenvalue weighted by Gasteiger charge is 2.61. The zero-order chi connectivity index (χ0) is 79.0. The molecule has 0 spiro atoms. The SMILES string of the molecule is CCCCCCCCCCCCCCCCCCN(CCCCCCCCCCCCCCCCCC)C(=O)CCC(C)C1CCC2C3CCC4CC(OC(=O)NCCCCCC(=O)N5CC(OC(=O)CCC(=O)O)CC5C(OCc5ccccc5)(c5ccc(OC)cc5)c5ccc(OC)cc5)CCC4(C)C3CCC12C. The standard InChI is InChI=1S/C97H155N3O11/c1-8-10-12-14-16-18-20-22-24-26-28-30-32-34-36-44-70-99(71-45-37-35-33-31-29-27-25-23-21-19-17-15-13-11-9-2)90(101)62-49-76(3)86-60-61-87-85-59-54-80-72-83(65-67-95(80,4)88(85)66-68-96(86,87)5)111-94(106)98-69-43-39-42-48-91(102)100-74-84(110-93(105)64-63-92(103)104)73-89(100)97(78-50-55-81(107-6)56-51-78,79-52-57-82(108-7)58-53-79)109-75-77-46-40-38-41-47-77/h38,40-41,46-47,50-53,55-58,76,80,83-89H,8-37,39,42-45,48-49,54,59-75H2,1-7H3,(H,98,106)(H,103,104). The lowest BCUT2D eigenvalue weighted by molar-refractivity contribution is -0.152. The molecule has 0 aromatic heterocycles. The van der Waals surface area contributed by atoms with Crippen molar-refractivity contribution in [3.8, 4) is 11.5 Å². The Kier molecular flexibility index (Phi) is 40.9. The van der Waals surface area contributed by atoms with Crippen LogP contribution < -0.4 is 14.8 Å². The van der Waals surface area contributed by atoms with Crippen LogP contribution in [0.2, 0.25) is 0 Å². The summed E-state index contributed by atoms with van der Waals surface area (Å²) in [6.45, 7) is 15.0. The molecule has 0 radical (unpaired) electrons. The lowest BCUT2D eigenvalue weighted by atomic mass is 9.44. The molecule has 111 heavy (non-hydrogen) atoms. The number of nitrogens with one attached hydrogen (secondary N) is 1. The predicted molar refractivity (Wildman–Crippen MR) is 451 cm³/mol. The van der Waals surface area contributed by atoms with E-state index in [1.54, 1.807) is 19.1 Å². The topological polar surface area (TPSA) is 170 Å². The van der Waals surface area contributed by atoms with Gasteiger partial charge in [0.25, 0.3) is 0 Å². The van der Waals surface area contributed by atoms with E-state index in [-0.39, 0.29) is 62.4 Å². The molecular weight excluding hydrogens is 1380 g/mol. The van der Waals surface area contributed by atoms with Crippen molar-refractivity contribution in [2.45, 2.75) is 386 Å². The molecular formula is C97H155N3O11. The Labute approximate surface area is 674 Å². The van der Waals surface area contributed by atoms with Crippen LogP contribution in [0.25, 0.3) is 0 Å². The van der Waals surface area contributed by atoms with Gasteiger partial charge in [-0.2, -0.15) is 0 Å². The summed E-state index contributed by atoms with van der Waals surface area (Å²) in [6, 6.07) is 24.5. The fraction of sp³-hybridized carbons (Fsp3) is 0.763. The molecule has 5 aliphatic rings. The molecule has 0 bridgehead atoms. The number of aliphatic carboxylic acids is 1. The number of hydrogen-bond donors (Lipinski definition) is 2. The number of esters is 1. The monoisotopic (exact) mass is 1540 g/mol. The number of ether oxygens (including phenoxy) is 5. The number of alkyl carbamates (subject to hydrolysis) is 1. The van der Waals surface area contributed by atoms with E-state index in [0.29, 0.717) is 78.7 Å². The molecule has 5 fully saturated rings. The van der Waals surface area contributed by atoms with Crippen LogP contribution >= 0.6 is 0 Å². The smallest absolute Gasteiger partial charge is 0.407 e. The van der Waals surface area contributed by atoms with Crippen LogP contribution in [-0.4, -0.2) is 103 Å². The molecule has 3 aromatic rings. The number of carbonyl (C=O) groups excluding carboxylic acids is 4. The van der Waals surface area contributed by atoms with Crippen molar-refractivity contribution in [2.75, 3.05) is 40.4 Å². The van der Waals surface area contributed by atoms with Crippen molar-refractivity contribution < 1.29 is 52.8 Å². The fourth-order valence-electron chi connectivity index (χ4n) is 21.4. The Balaban J connectivity index is 0.772. The molecule has 1 aliphatic heterocycles. The maximum Gasteiger partial charge on any atom is 0.407 e. The van der Waals surface area contributed by atoms with E-state index < -0.39 is 29.7 Å². The predicted octanol–water partition coefficient (Wildman–Crippen LogP) is 24.6. The maximum absolute atomic E-state index is 14.9. The summed E-state index contributed by atoms with van der Waals surface area (Å²) in [6.07, 6.45) is 56.6. The Hall–Kier alpha value is -5.63. The van der Waals surface area contributed by atoms with Gasteiger partial charge in [0.15, 0.2) is 0 Å². The number of fused-ring (bicyclic) bond motifs is 5. The number of carboxylic acids is 1. The second-order valence-electron chi connectivity index (χ2n) is 35.7. The maximum atomic E-state index is 14.9. The number of unbranched alkanes of at least 4 members (excludes halogenated alkanes) is 32. The summed E-state index contributed by atoms with van der Waals surface area (Å²) >= 11 is 0. The van der Waals surface area contributed by atoms with Crippen LogP contribution in [0.3, 0.4) is 0 Å². The number of likely N-dealkylation sites (tertiary alicyclic amines) is 1. The molecule has 1 heterocycles. The highest BCUT2D eigenvalue weighted by Crippen LogP contribution is 2.68. The summed E-state index contributed by atoms with van der Waals surface area (Å²) in [5.74, 6) is 3.83. The van der Waals surface area contributed by atoms with Gasteiger partial charge in [-0.05, 0) is 177 Å². The first kappa shape index (κ1) is 90.9. The minimum absolute atomic E-state index is 0.0995. The summed E-state index contributed by atoms with van der Waals surface area (Å²) in [4.78, 5) is 71.8. The quantitative estimate of drug-likeness (QED) is 0.0407.